The number of carbonyl (C=O) groups excluding carboxylic acids is 1. The summed E-state index contributed by atoms with van der Waals surface area (Å²) >= 11 is 0. The van der Waals surface area contributed by atoms with Crippen molar-refractivity contribution in [2.75, 3.05) is 14.1 Å². The molecule has 4 heteroatoms. The second-order valence-corrected chi connectivity index (χ2v) is 9.30. The molecule has 0 aliphatic heterocycles. The molecule has 2 aromatic rings. The molecule has 3 nitrogen and oxygen atoms in total. The van der Waals surface area contributed by atoms with E-state index in [4.69, 9.17) is 4.74 Å². The van der Waals surface area contributed by atoms with Gasteiger partial charge in [0.2, 0.25) is 0 Å². The van der Waals surface area contributed by atoms with Gasteiger partial charge in [0.05, 0.1) is 14.1 Å². The average molecular weight is 460 g/mol. The van der Waals surface area contributed by atoms with Crippen molar-refractivity contribution < 1.29 is 26.4 Å². The van der Waals surface area contributed by atoms with E-state index in [0.29, 0.717) is 11.1 Å². The normalized spacial score (nSPS) is 12.1. The molecular formula is C28H42ClNO2. The van der Waals surface area contributed by atoms with Crippen molar-refractivity contribution in [3.8, 4) is 0 Å². The van der Waals surface area contributed by atoms with Crippen molar-refractivity contribution in [3.63, 3.8) is 0 Å². The number of halogens is 1. The highest BCUT2D eigenvalue weighted by molar-refractivity contribution is 5.74. The summed E-state index contributed by atoms with van der Waals surface area (Å²) in [5.41, 5.74) is 2.29. The third-order valence-corrected chi connectivity index (χ3v) is 6.10. The summed E-state index contributed by atoms with van der Waals surface area (Å²) in [6.45, 7) is 3.42. The highest BCUT2D eigenvalue weighted by Gasteiger charge is 2.36. The van der Waals surface area contributed by atoms with Gasteiger partial charge in [-0.05, 0) is 12.0 Å². The van der Waals surface area contributed by atoms with Gasteiger partial charge in [0.25, 0.3) is 0 Å². The molecule has 0 aromatic heterocycles. The molecule has 1 atom stereocenters. The van der Waals surface area contributed by atoms with Crippen LogP contribution in [0, 0.1) is 0 Å². The molecule has 2 rings (SSSR count). The van der Waals surface area contributed by atoms with Crippen molar-refractivity contribution in [1.82, 2.24) is 0 Å². The van der Waals surface area contributed by atoms with E-state index >= 15 is 0 Å². The minimum atomic E-state index is -0.149. The number of hydrogen-bond acceptors (Lipinski definition) is 2. The van der Waals surface area contributed by atoms with Gasteiger partial charge in [-0.2, -0.15) is 0 Å². The number of likely N-dealkylation sites (N-methyl/N-ethyl adjacent to an activating group) is 1. The van der Waals surface area contributed by atoms with Crippen LogP contribution >= 0.6 is 0 Å². The van der Waals surface area contributed by atoms with Crippen LogP contribution in [0.25, 0.3) is 0 Å². The zero-order valence-electron chi connectivity index (χ0n) is 20.3. The molecule has 0 N–H and O–H groups in total. The monoisotopic (exact) mass is 459 g/mol. The van der Waals surface area contributed by atoms with Gasteiger partial charge >= 0.3 is 5.97 Å². The molecule has 32 heavy (non-hydrogen) atoms. The number of carbonyl (C=O) groups is 1. The first-order valence-corrected chi connectivity index (χ1v) is 12.1. The maximum absolute atomic E-state index is 13.2. The lowest BCUT2D eigenvalue weighted by molar-refractivity contribution is -0.920. The number of benzene rings is 2. The molecule has 0 bridgehead atoms. The zero-order chi connectivity index (χ0) is 22.4. The Bertz CT molecular complexity index is 734. The van der Waals surface area contributed by atoms with Gasteiger partial charge in [-0.15, -0.1) is 0 Å². The van der Waals surface area contributed by atoms with Crippen LogP contribution in [-0.4, -0.2) is 30.6 Å². The summed E-state index contributed by atoms with van der Waals surface area (Å²) in [4.78, 5) is 13.2. The van der Waals surface area contributed by atoms with Crippen LogP contribution in [-0.2, 0) is 22.7 Å². The fourth-order valence-corrected chi connectivity index (χ4v) is 4.21. The van der Waals surface area contributed by atoms with E-state index < -0.39 is 0 Å². The van der Waals surface area contributed by atoms with Crippen molar-refractivity contribution in [2.24, 2.45) is 0 Å². The SMILES string of the molecule is CCCCCCCCCCC(C(=O)OCc1ccccc1)[N+](C)(C)Cc1ccccc1.[Cl-]. The highest BCUT2D eigenvalue weighted by Crippen LogP contribution is 2.22. The van der Waals surface area contributed by atoms with Crippen molar-refractivity contribution in [3.05, 3.63) is 71.8 Å². The number of unbranched alkanes of at least 4 members (excludes halogenated alkanes) is 7. The predicted molar refractivity (Wildman–Crippen MR) is 130 cm³/mol. The molecule has 0 amide bonds. The van der Waals surface area contributed by atoms with Gasteiger partial charge in [0.15, 0.2) is 6.04 Å². The lowest BCUT2D eigenvalue weighted by Crippen LogP contribution is -3.00. The molecular weight excluding hydrogens is 418 g/mol. The van der Waals surface area contributed by atoms with Crippen LogP contribution < -0.4 is 12.4 Å². The maximum atomic E-state index is 13.2. The van der Waals surface area contributed by atoms with Gasteiger partial charge in [-0.25, -0.2) is 4.79 Å². The van der Waals surface area contributed by atoms with Crippen molar-refractivity contribution in [2.45, 2.75) is 83.9 Å². The Hall–Kier alpha value is -1.84. The molecule has 0 heterocycles. The number of nitrogens with zero attached hydrogens (tertiary/aromatic N) is 1. The minimum absolute atomic E-state index is 0. The summed E-state index contributed by atoms with van der Waals surface area (Å²) < 4.78 is 6.40. The zero-order valence-corrected chi connectivity index (χ0v) is 21.0. The van der Waals surface area contributed by atoms with Gasteiger partial charge < -0.3 is 21.6 Å². The topological polar surface area (TPSA) is 26.3 Å². The van der Waals surface area contributed by atoms with Crippen molar-refractivity contribution >= 4 is 5.97 Å². The molecule has 0 saturated heterocycles. The summed E-state index contributed by atoms with van der Waals surface area (Å²) in [5, 5.41) is 0. The van der Waals surface area contributed by atoms with E-state index in [2.05, 4.69) is 45.3 Å². The number of hydrogen-bond donors (Lipinski definition) is 0. The minimum Gasteiger partial charge on any atom is -1.00 e. The maximum Gasteiger partial charge on any atom is 0.365 e. The second-order valence-electron chi connectivity index (χ2n) is 9.30. The third kappa shape index (κ3) is 10.7. The average Bonchev–Trinajstić information content (AvgIpc) is 2.77. The van der Waals surface area contributed by atoms with Crippen LogP contribution in [0.2, 0.25) is 0 Å². The number of rotatable bonds is 15. The molecule has 0 aliphatic carbocycles. The lowest BCUT2D eigenvalue weighted by Gasteiger charge is -2.36. The summed E-state index contributed by atoms with van der Waals surface area (Å²) in [7, 11) is 4.32. The predicted octanol–water partition coefficient (Wildman–Crippen LogP) is 3.91. The van der Waals surface area contributed by atoms with Gasteiger partial charge in [0.1, 0.15) is 13.2 Å². The lowest BCUT2D eigenvalue weighted by atomic mass is 10.0. The Labute approximate surface area is 202 Å². The Kier molecular flexibility index (Phi) is 14.0. The van der Waals surface area contributed by atoms with Gasteiger partial charge in [-0.1, -0.05) is 113 Å². The van der Waals surface area contributed by atoms with E-state index in [1.54, 1.807) is 0 Å². The van der Waals surface area contributed by atoms with Crippen LogP contribution in [0.15, 0.2) is 60.7 Å². The highest BCUT2D eigenvalue weighted by atomic mass is 35.5. The third-order valence-electron chi connectivity index (χ3n) is 6.10. The summed E-state index contributed by atoms with van der Waals surface area (Å²) in [5.74, 6) is -0.0762. The molecule has 0 aliphatic rings. The number of ether oxygens (including phenoxy) is 1. The molecule has 0 spiro atoms. The molecule has 0 saturated carbocycles. The first-order chi connectivity index (χ1) is 15.0. The Morgan fingerprint density at radius 3 is 1.84 bits per heavy atom. The summed E-state index contributed by atoms with van der Waals surface area (Å²) in [6, 6.07) is 20.3. The van der Waals surface area contributed by atoms with E-state index in [0.717, 1.165) is 24.9 Å². The van der Waals surface area contributed by atoms with Crippen LogP contribution in [0.4, 0.5) is 0 Å². The quantitative estimate of drug-likeness (QED) is 0.229. The Morgan fingerprint density at radius 2 is 1.28 bits per heavy atom. The Morgan fingerprint density at radius 1 is 0.781 bits per heavy atom. The molecule has 1 unspecified atom stereocenters. The van der Waals surface area contributed by atoms with Gasteiger partial charge in [0, 0.05) is 12.0 Å². The number of quaternary nitrogens is 1. The van der Waals surface area contributed by atoms with E-state index in [1.807, 2.05) is 36.4 Å². The fourth-order valence-electron chi connectivity index (χ4n) is 4.21. The van der Waals surface area contributed by atoms with E-state index in [-0.39, 0.29) is 24.4 Å². The fraction of sp³-hybridized carbons (Fsp3) is 0.536. The number of esters is 1. The molecule has 2 aromatic carbocycles. The summed E-state index contributed by atoms with van der Waals surface area (Å²) in [6.07, 6.45) is 11.1. The Balaban J connectivity index is 0.00000512. The molecule has 0 fully saturated rings. The van der Waals surface area contributed by atoms with E-state index in [9.17, 15) is 4.79 Å². The standard InChI is InChI=1S/C28H42NO2.ClH/c1-4-5-6-7-8-9-10-17-22-27(28(30)31-24-26-20-15-12-16-21-26)29(2,3)23-25-18-13-11-14-19-25;/h11-16,18-21,27H,4-10,17,22-24H2,1-3H3;1H/q+1;/p-1. The molecule has 178 valence electrons. The first kappa shape index (κ1) is 28.2. The smallest absolute Gasteiger partial charge is 0.365 e. The van der Waals surface area contributed by atoms with Gasteiger partial charge in [-0.3, -0.25) is 0 Å². The molecule has 0 radical (unpaired) electrons. The second kappa shape index (κ2) is 15.9. The van der Waals surface area contributed by atoms with Crippen LogP contribution in [0.3, 0.4) is 0 Å². The van der Waals surface area contributed by atoms with Crippen LogP contribution in [0.5, 0.6) is 0 Å². The van der Waals surface area contributed by atoms with Crippen LogP contribution in [0.1, 0.15) is 75.8 Å². The largest absolute Gasteiger partial charge is 1.00 e. The van der Waals surface area contributed by atoms with E-state index in [1.165, 1.54) is 50.5 Å². The first-order valence-electron chi connectivity index (χ1n) is 12.1. The van der Waals surface area contributed by atoms with Crippen molar-refractivity contribution in [1.29, 1.82) is 0 Å².